The van der Waals surface area contributed by atoms with E-state index >= 15 is 0 Å². The van der Waals surface area contributed by atoms with Crippen LogP contribution in [0.1, 0.15) is 31.7 Å². The van der Waals surface area contributed by atoms with Crippen molar-refractivity contribution in [2.75, 3.05) is 6.54 Å². The molecule has 114 valence electrons. The van der Waals surface area contributed by atoms with E-state index in [1.807, 2.05) is 12.1 Å². The summed E-state index contributed by atoms with van der Waals surface area (Å²) in [6.45, 7) is 3.63. The van der Waals surface area contributed by atoms with Crippen LogP contribution in [0.15, 0.2) is 18.2 Å². The number of hydrogen-bond acceptors (Lipinski definition) is 2. The van der Waals surface area contributed by atoms with Crippen molar-refractivity contribution < 1.29 is 9.59 Å². The number of rotatable bonds is 5. The number of nitrogens with one attached hydrogen (secondary N) is 1. The molecule has 0 aromatic heterocycles. The molecule has 0 heterocycles. The van der Waals surface area contributed by atoms with E-state index in [4.69, 9.17) is 28.9 Å². The van der Waals surface area contributed by atoms with Crippen LogP contribution in [-0.4, -0.2) is 18.4 Å². The second-order valence-corrected chi connectivity index (χ2v) is 6.84. The van der Waals surface area contributed by atoms with Crippen molar-refractivity contribution in [2.45, 2.75) is 26.2 Å². The zero-order valence-corrected chi connectivity index (χ0v) is 13.5. The predicted octanol–water partition coefficient (Wildman–Crippen LogP) is 2.72. The van der Waals surface area contributed by atoms with Gasteiger partial charge in [0.15, 0.2) is 0 Å². The molecule has 0 aliphatic heterocycles. The molecule has 3 N–H and O–H groups in total. The fourth-order valence-corrected chi connectivity index (χ4v) is 2.61. The monoisotopic (exact) mass is 328 g/mol. The minimum absolute atomic E-state index is 0.0784. The van der Waals surface area contributed by atoms with Crippen molar-refractivity contribution in [1.82, 2.24) is 5.32 Å². The SMILES string of the molecule is CC(C)(CNC(=O)[C@@H]1C[C@H]1c1cccc(Cl)c1Cl)C(N)=O. The third-order valence-electron chi connectivity index (χ3n) is 3.88. The number of primary amides is 1. The van der Waals surface area contributed by atoms with E-state index in [1.54, 1.807) is 19.9 Å². The molecule has 2 rings (SSSR count). The van der Waals surface area contributed by atoms with Crippen LogP contribution < -0.4 is 11.1 Å². The summed E-state index contributed by atoms with van der Waals surface area (Å²) >= 11 is 12.1. The van der Waals surface area contributed by atoms with E-state index in [2.05, 4.69) is 5.32 Å². The van der Waals surface area contributed by atoms with Gasteiger partial charge in [-0.1, -0.05) is 35.3 Å². The molecule has 0 bridgehead atoms. The third kappa shape index (κ3) is 3.50. The molecule has 0 spiro atoms. The zero-order chi connectivity index (χ0) is 15.8. The first-order valence-electron chi connectivity index (χ1n) is 6.75. The van der Waals surface area contributed by atoms with Crippen LogP contribution in [0.4, 0.5) is 0 Å². The lowest BCUT2D eigenvalue weighted by Crippen LogP contribution is -2.42. The van der Waals surface area contributed by atoms with Gasteiger partial charge in [-0.25, -0.2) is 0 Å². The Hall–Kier alpha value is -1.26. The highest BCUT2D eigenvalue weighted by atomic mass is 35.5. The van der Waals surface area contributed by atoms with Gasteiger partial charge >= 0.3 is 0 Å². The third-order valence-corrected chi connectivity index (χ3v) is 4.71. The van der Waals surface area contributed by atoms with E-state index < -0.39 is 11.3 Å². The summed E-state index contributed by atoms with van der Waals surface area (Å²) in [5.74, 6) is -0.545. The minimum Gasteiger partial charge on any atom is -0.369 e. The van der Waals surface area contributed by atoms with Crippen molar-refractivity contribution in [3.8, 4) is 0 Å². The van der Waals surface area contributed by atoms with Gasteiger partial charge in [0.25, 0.3) is 0 Å². The van der Waals surface area contributed by atoms with Crippen molar-refractivity contribution >= 4 is 35.0 Å². The number of carbonyl (C=O) groups is 2. The highest BCUT2D eigenvalue weighted by Gasteiger charge is 2.45. The lowest BCUT2D eigenvalue weighted by Gasteiger charge is -2.20. The molecule has 1 aromatic rings. The molecular formula is C15H18Cl2N2O2. The number of halogens is 2. The molecule has 21 heavy (non-hydrogen) atoms. The topological polar surface area (TPSA) is 72.2 Å². The van der Waals surface area contributed by atoms with Crippen LogP contribution in [0.5, 0.6) is 0 Å². The van der Waals surface area contributed by atoms with Gasteiger partial charge in [0, 0.05) is 12.5 Å². The molecule has 1 fully saturated rings. The summed E-state index contributed by atoms with van der Waals surface area (Å²) in [6, 6.07) is 5.44. The number of nitrogens with two attached hydrogens (primary N) is 1. The first kappa shape index (κ1) is 16.1. The van der Waals surface area contributed by atoms with Crippen LogP contribution in [0.25, 0.3) is 0 Å². The fourth-order valence-electron chi connectivity index (χ4n) is 2.16. The van der Waals surface area contributed by atoms with Gasteiger partial charge in [0.05, 0.1) is 15.5 Å². The standard InChI is InChI=1S/C15H18Cl2N2O2/c1-15(2,14(18)21)7-19-13(20)10-6-9(10)8-4-3-5-11(16)12(8)17/h3-5,9-10H,6-7H2,1-2H3,(H2,18,21)(H,19,20)/t9-,10+/m0/s1. The molecule has 2 amide bonds. The first-order valence-corrected chi connectivity index (χ1v) is 7.51. The molecule has 4 nitrogen and oxygen atoms in total. The quantitative estimate of drug-likeness (QED) is 0.872. The summed E-state index contributed by atoms with van der Waals surface area (Å²) < 4.78 is 0. The van der Waals surface area contributed by atoms with Gasteiger partial charge in [-0.3, -0.25) is 9.59 Å². The highest BCUT2D eigenvalue weighted by Crippen LogP contribution is 2.50. The second kappa shape index (κ2) is 5.85. The lowest BCUT2D eigenvalue weighted by molar-refractivity contribution is -0.127. The van der Waals surface area contributed by atoms with E-state index in [9.17, 15) is 9.59 Å². The highest BCUT2D eigenvalue weighted by molar-refractivity contribution is 6.42. The summed E-state index contributed by atoms with van der Waals surface area (Å²) in [6.07, 6.45) is 0.739. The van der Waals surface area contributed by atoms with E-state index in [-0.39, 0.29) is 24.3 Å². The van der Waals surface area contributed by atoms with Crippen LogP contribution in [0, 0.1) is 11.3 Å². The minimum atomic E-state index is -0.756. The van der Waals surface area contributed by atoms with Crippen LogP contribution in [0.2, 0.25) is 10.0 Å². The van der Waals surface area contributed by atoms with Crippen LogP contribution >= 0.6 is 23.2 Å². The molecular weight excluding hydrogens is 311 g/mol. The second-order valence-electron chi connectivity index (χ2n) is 6.06. The molecule has 1 aliphatic rings. The Morgan fingerprint density at radius 3 is 2.67 bits per heavy atom. The smallest absolute Gasteiger partial charge is 0.224 e. The maximum absolute atomic E-state index is 12.1. The molecule has 0 saturated heterocycles. The van der Waals surface area contributed by atoms with Gasteiger partial charge in [0.1, 0.15) is 0 Å². The van der Waals surface area contributed by atoms with Gasteiger partial charge in [-0.15, -0.1) is 0 Å². The maximum Gasteiger partial charge on any atom is 0.224 e. The molecule has 1 saturated carbocycles. The normalized spacial score (nSPS) is 21.0. The molecule has 1 aliphatic carbocycles. The van der Waals surface area contributed by atoms with E-state index in [0.717, 1.165) is 12.0 Å². The summed E-state index contributed by atoms with van der Waals surface area (Å²) in [5, 5.41) is 3.79. The first-order chi connectivity index (χ1) is 9.74. The lowest BCUT2D eigenvalue weighted by atomic mass is 9.92. The summed E-state index contributed by atoms with van der Waals surface area (Å²) in [5.41, 5.74) is 5.43. The predicted molar refractivity (Wildman–Crippen MR) is 83.3 cm³/mol. The molecule has 2 atom stereocenters. The number of hydrogen-bond donors (Lipinski definition) is 2. The fraction of sp³-hybridized carbons (Fsp3) is 0.467. The van der Waals surface area contributed by atoms with Gasteiger partial charge in [-0.2, -0.15) is 0 Å². The maximum atomic E-state index is 12.1. The Labute approximate surface area is 134 Å². The van der Waals surface area contributed by atoms with Crippen molar-refractivity contribution in [3.63, 3.8) is 0 Å². The molecule has 1 aromatic carbocycles. The molecule has 6 heteroatoms. The van der Waals surface area contributed by atoms with Gasteiger partial charge < -0.3 is 11.1 Å². The number of amides is 2. The Morgan fingerprint density at radius 2 is 2.05 bits per heavy atom. The average Bonchev–Trinajstić information content (AvgIpc) is 3.19. The number of carbonyl (C=O) groups excluding carboxylic acids is 2. The Bertz CT molecular complexity index is 587. The van der Waals surface area contributed by atoms with E-state index in [1.165, 1.54) is 0 Å². The van der Waals surface area contributed by atoms with Crippen molar-refractivity contribution in [3.05, 3.63) is 33.8 Å². The zero-order valence-electron chi connectivity index (χ0n) is 12.0. The van der Waals surface area contributed by atoms with Crippen LogP contribution in [-0.2, 0) is 9.59 Å². The van der Waals surface area contributed by atoms with Crippen molar-refractivity contribution in [2.24, 2.45) is 17.1 Å². The number of benzene rings is 1. The molecule has 0 radical (unpaired) electrons. The molecule has 0 unspecified atom stereocenters. The Balaban J connectivity index is 1.96. The average molecular weight is 329 g/mol. The Kier molecular flexibility index (Phi) is 4.49. The van der Waals surface area contributed by atoms with Gasteiger partial charge in [0.2, 0.25) is 11.8 Å². The van der Waals surface area contributed by atoms with Crippen LogP contribution in [0.3, 0.4) is 0 Å². The van der Waals surface area contributed by atoms with E-state index in [0.29, 0.717) is 10.0 Å². The largest absolute Gasteiger partial charge is 0.369 e. The van der Waals surface area contributed by atoms with Crippen molar-refractivity contribution in [1.29, 1.82) is 0 Å². The summed E-state index contributed by atoms with van der Waals surface area (Å²) in [4.78, 5) is 23.3. The summed E-state index contributed by atoms with van der Waals surface area (Å²) in [7, 11) is 0. The van der Waals surface area contributed by atoms with Gasteiger partial charge in [-0.05, 0) is 37.8 Å². The Morgan fingerprint density at radius 1 is 1.38 bits per heavy atom.